The van der Waals surface area contributed by atoms with Crippen molar-refractivity contribution in [2.24, 2.45) is 0 Å². The van der Waals surface area contributed by atoms with E-state index in [0.717, 1.165) is 22.4 Å². The van der Waals surface area contributed by atoms with E-state index >= 15 is 0 Å². The molecule has 1 atom stereocenters. The molecule has 1 aromatic carbocycles. The van der Waals surface area contributed by atoms with E-state index in [-0.39, 0.29) is 0 Å². The first kappa shape index (κ1) is 19.6. The Morgan fingerprint density at radius 2 is 2.00 bits per heavy atom. The van der Waals surface area contributed by atoms with Gasteiger partial charge in [-0.1, -0.05) is 12.1 Å². The van der Waals surface area contributed by atoms with Gasteiger partial charge >= 0.3 is 6.18 Å². The number of alkyl halides is 3. The molecule has 0 spiro atoms. The number of amides is 1. The first-order valence-corrected chi connectivity index (χ1v) is 8.01. The van der Waals surface area contributed by atoms with Gasteiger partial charge in [-0.05, 0) is 43.7 Å². The van der Waals surface area contributed by atoms with Gasteiger partial charge < -0.3 is 14.6 Å². The molecule has 1 N–H and O–H groups in total. The van der Waals surface area contributed by atoms with Crippen molar-refractivity contribution in [1.29, 1.82) is 0 Å². The SMILES string of the molecule is CCOc1cccc([C@H](C)NC(=O)Cn2cccc(C(F)(F)F)c2=O)c1. The largest absolute Gasteiger partial charge is 0.494 e. The van der Waals surface area contributed by atoms with Crippen LogP contribution >= 0.6 is 0 Å². The van der Waals surface area contributed by atoms with Gasteiger partial charge in [0.15, 0.2) is 0 Å². The molecule has 0 aliphatic heterocycles. The van der Waals surface area contributed by atoms with E-state index in [9.17, 15) is 22.8 Å². The van der Waals surface area contributed by atoms with Crippen LogP contribution in [0.5, 0.6) is 5.75 Å². The van der Waals surface area contributed by atoms with Crippen LogP contribution in [0.3, 0.4) is 0 Å². The maximum Gasteiger partial charge on any atom is 0.421 e. The van der Waals surface area contributed by atoms with Crippen molar-refractivity contribution in [3.8, 4) is 5.75 Å². The van der Waals surface area contributed by atoms with E-state index in [1.807, 2.05) is 6.92 Å². The molecular formula is C18H19F3N2O3. The zero-order chi connectivity index (χ0) is 19.3. The fourth-order valence-electron chi connectivity index (χ4n) is 2.44. The molecule has 0 fully saturated rings. The normalized spacial score (nSPS) is 12.5. The Morgan fingerprint density at radius 3 is 2.65 bits per heavy atom. The summed E-state index contributed by atoms with van der Waals surface area (Å²) >= 11 is 0. The third-order valence-corrected chi connectivity index (χ3v) is 3.69. The van der Waals surface area contributed by atoms with E-state index in [2.05, 4.69) is 5.32 Å². The first-order chi connectivity index (χ1) is 12.2. The molecule has 0 aliphatic rings. The summed E-state index contributed by atoms with van der Waals surface area (Å²) < 4.78 is 44.4. The van der Waals surface area contributed by atoms with Gasteiger partial charge in [0.1, 0.15) is 17.9 Å². The van der Waals surface area contributed by atoms with Crippen molar-refractivity contribution >= 4 is 5.91 Å². The number of halogens is 3. The van der Waals surface area contributed by atoms with Crippen LogP contribution in [-0.4, -0.2) is 17.1 Å². The van der Waals surface area contributed by atoms with Gasteiger partial charge in [0.05, 0.1) is 12.6 Å². The fraction of sp³-hybridized carbons (Fsp3) is 0.333. The maximum absolute atomic E-state index is 12.8. The number of nitrogens with zero attached hydrogens (tertiary/aromatic N) is 1. The number of pyridine rings is 1. The number of carbonyl (C=O) groups excluding carboxylic acids is 1. The molecular weight excluding hydrogens is 349 g/mol. The van der Waals surface area contributed by atoms with Crippen LogP contribution in [0.4, 0.5) is 13.2 Å². The van der Waals surface area contributed by atoms with Gasteiger partial charge in [-0.3, -0.25) is 9.59 Å². The molecule has 0 radical (unpaired) electrons. The van der Waals surface area contributed by atoms with Crippen molar-refractivity contribution < 1.29 is 22.7 Å². The lowest BCUT2D eigenvalue weighted by atomic mass is 10.1. The van der Waals surface area contributed by atoms with Gasteiger partial charge in [-0.25, -0.2) is 0 Å². The number of hydrogen-bond donors (Lipinski definition) is 1. The molecule has 0 saturated carbocycles. The van der Waals surface area contributed by atoms with Crippen LogP contribution in [0.25, 0.3) is 0 Å². The number of ether oxygens (including phenoxy) is 1. The lowest BCUT2D eigenvalue weighted by molar-refractivity contribution is -0.139. The Labute approximate surface area is 148 Å². The molecule has 0 aliphatic carbocycles. The standard InChI is InChI=1S/C18H19F3N2O3/c1-3-26-14-7-4-6-13(10-14)12(2)22-16(24)11-23-9-5-8-15(17(23)25)18(19,20)21/h4-10,12H,3,11H2,1-2H3,(H,22,24)/t12-/m0/s1. The highest BCUT2D eigenvalue weighted by Gasteiger charge is 2.34. The zero-order valence-electron chi connectivity index (χ0n) is 14.3. The number of carbonyl (C=O) groups is 1. The summed E-state index contributed by atoms with van der Waals surface area (Å²) in [6.07, 6.45) is -3.61. The number of hydrogen-bond acceptors (Lipinski definition) is 3. The minimum atomic E-state index is -4.76. The van der Waals surface area contributed by atoms with Crippen molar-refractivity contribution in [2.75, 3.05) is 6.61 Å². The van der Waals surface area contributed by atoms with Gasteiger partial charge in [0, 0.05) is 6.20 Å². The van der Waals surface area contributed by atoms with E-state index in [1.165, 1.54) is 0 Å². The molecule has 0 saturated heterocycles. The fourth-order valence-corrected chi connectivity index (χ4v) is 2.44. The highest BCUT2D eigenvalue weighted by Crippen LogP contribution is 2.26. The predicted octanol–water partition coefficient (Wildman–Crippen LogP) is 3.14. The molecule has 1 amide bonds. The molecule has 1 heterocycles. The topological polar surface area (TPSA) is 60.3 Å². The third-order valence-electron chi connectivity index (χ3n) is 3.69. The molecule has 26 heavy (non-hydrogen) atoms. The second-order valence-corrected chi connectivity index (χ2v) is 5.65. The third kappa shape index (κ3) is 4.87. The van der Waals surface area contributed by atoms with Crippen molar-refractivity contribution in [2.45, 2.75) is 32.6 Å². The molecule has 0 bridgehead atoms. The smallest absolute Gasteiger partial charge is 0.421 e. The summed E-state index contributed by atoms with van der Waals surface area (Å²) in [4.78, 5) is 24.0. The van der Waals surface area contributed by atoms with Crippen molar-refractivity contribution in [1.82, 2.24) is 9.88 Å². The zero-order valence-corrected chi connectivity index (χ0v) is 14.3. The Kier molecular flexibility index (Phi) is 6.07. The van der Waals surface area contributed by atoms with Crippen molar-refractivity contribution in [3.63, 3.8) is 0 Å². The Hall–Kier alpha value is -2.77. The summed E-state index contributed by atoms with van der Waals surface area (Å²) in [5.41, 5.74) is -1.77. The Bertz CT molecular complexity index is 831. The lowest BCUT2D eigenvalue weighted by Crippen LogP contribution is -2.35. The van der Waals surface area contributed by atoms with Gasteiger partial charge in [-0.2, -0.15) is 13.2 Å². The van der Waals surface area contributed by atoms with Crippen LogP contribution in [0.1, 0.15) is 31.0 Å². The first-order valence-electron chi connectivity index (χ1n) is 8.01. The van der Waals surface area contributed by atoms with Crippen LogP contribution in [0.2, 0.25) is 0 Å². The molecule has 5 nitrogen and oxygen atoms in total. The Balaban J connectivity index is 2.09. The van der Waals surface area contributed by atoms with E-state index < -0.39 is 35.8 Å². The van der Waals surface area contributed by atoms with Crippen LogP contribution in [-0.2, 0) is 17.5 Å². The number of benzene rings is 1. The molecule has 1 aromatic heterocycles. The number of aromatic nitrogens is 1. The Morgan fingerprint density at radius 1 is 1.27 bits per heavy atom. The van der Waals surface area contributed by atoms with Gasteiger partial charge in [-0.15, -0.1) is 0 Å². The van der Waals surface area contributed by atoms with E-state index in [4.69, 9.17) is 4.74 Å². The van der Waals surface area contributed by atoms with Crippen molar-refractivity contribution in [3.05, 3.63) is 64.1 Å². The average Bonchev–Trinajstić information content (AvgIpc) is 2.56. The van der Waals surface area contributed by atoms with Crippen LogP contribution in [0, 0.1) is 0 Å². The van der Waals surface area contributed by atoms with Gasteiger partial charge in [0.2, 0.25) is 5.91 Å². The van der Waals surface area contributed by atoms with E-state index in [1.54, 1.807) is 31.2 Å². The number of nitrogens with one attached hydrogen (secondary N) is 1. The highest BCUT2D eigenvalue weighted by atomic mass is 19.4. The van der Waals surface area contributed by atoms with E-state index in [0.29, 0.717) is 18.4 Å². The summed E-state index contributed by atoms with van der Waals surface area (Å²) in [6.45, 7) is 3.59. The summed E-state index contributed by atoms with van der Waals surface area (Å²) in [5.74, 6) is 0.0842. The quantitative estimate of drug-likeness (QED) is 0.852. The highest BCUT2D eigenvalue weighted by molar-refractivity contribution is 5.76. The summed E-state index contributed by atoms with van der Waals surface area (Å²) in [6, 6.07) is 8.51. The average molecular weight is 368 g/mol. The predicted molar refractivity (Wildman–Crippen MR) is 89.9 cm³/mol. The number of rotatable bonds is 6. The molecule has 2 aromatic rings. The maximum atomic E-state index is 12.8. The van der Waals surface area contributed by atoms with Crippen LogP contribution in [0.15, 0.2) is 47.4 Å². The molecule has 140 valence electrons. The second kappa shape index (κ2) is 8.07. The molecule has 8 heteroatoms. The summed E-state index contributed by atoms with van der Waals surface area (Å²) in [5, 5.41) is 2.66. The minimum absolute atomic E-state index is 0.399. The van der Waals surface area contributed by atoms with Gasteiger partial charge in [0.25, 0.3) is 5.56 Å². The monoisotopic (exact) mass is 368 g/mol. The second-order valence-electron chi connectivity index (χ2n) is 5.65. The lowest BCUT2D eigenvalue weighted by Gasteiger charge is -2.16. The van der Waals surface area contributed by atoms with Crippen LogP contribution < -0.4 is 15.6 Å². The minimum Gasteiger partial charge on any atom is -0.494 e. The molecule has 2 rings (SSSR count). The molecule has 0 unspecified atom stereocenters. The summed E-state index contributed by atoms with van der Waals surface area (Å²) in [7, 11) is 0.